The van der Waals surface area contributed by atoms with E-state index in [0.717, 1.165) is 5.56 Å². The second kappa shape index (κ2) is 9.33. The number of carbonyl (C=O) groups is 2. The van der Waals surface area contributed by atoms with Crippen molar-refractivity contribution in [1.29, 1.82) is 0 Å². The molecular formula is C17H23N5O3S. The van der Waals surface area contributed by atoms with Gasteiger partial charge in [0.15, 0.2) is 11.0 Å². The molecule has 8 nitrogen and oxygen atoms in total. The number of pyridine rings is 1. The fraction of sp³-hybridized carbons (Fsp3) is 0.471. The zero-order valence-electron chi connectivity index (χ0n) is 15.3. The van der Waals surface area contributed by atoms with Crippen LogP contribution in [-0.2, 0) is 21.4 Å². The highest BCUT2D eigenvalue weighted by atomic mass is 32.2. The fourth-order valence-corrected chi connectivity index (χ4v) is 3.11. The third-order valence-electron chi connectivity index (χ3n) is 3.63. The maximum Gasteiger partial charge on any atom is 0.328 e. The van der Waals surface area contributed by atoms with Crippen molar-refractivity contribution in [2.75, 3.05) is 12.9 Å². The van der Waals surface area contributed by atoms with Gasteiger partial charge in [0.1, 0.15) is 6.04 Å². The van der Waals surface area contributed by atoms with Crippen LogP contribution in [0.2, 0.25) is 0 Å². The lowest BCUT2D eigenvalue weighted by Crippen LogP contribution is -2.43. The number of hydrogen-bond donors (Lipinski definition) is 1. The van der Waals surface area contributed by atoms with Gasteiger partial charge >= 0.3 is 5.97 Å². The second-order valence-electron chi connectivity index (χ2n) is 6.16. The van der Waals surface area contributed by atoms with Gasteiger partial charge in [0, 0.05) is 25.0 Å². The minimum Gasteiger partial charge on any atom is -0.467 e. The largest absolute Gasteiger partial charge is 0.467 e. The van der Waals surface area contributed by atoms with Crippen LogP contribution in [-0.4, -0.2) is 50.5 Å². The Kier molecular flexibility index (Phi) is 7.14. The van der Waals surface area contributed by atoms with Crippen LogP contribution < -0.4 is 5.32 Å². The van der Waals surface area contributed by atoms with Crippen LogP contribution in [0.1, 0.15) is 20.3 Å². The number of aromatic nitrogens is 4. The van der Waals surface area contributed by atoms with E-state index in [1.54, 1.807) is 12.4 Å². The Balaban J connectivity index is 1.97. The summed E-state index contributed by atoms with van der Waals surface area (Å²) < 4.78 is 6.57. The van der Waals surface area contributed by atoms with Gasteiger partial charge in [-0.25, -0.2) is 4.79 Å². The van der Waals surface area contributed by atoms with Crippen LogP contribution in [0.25, 0.3) is 11.4 Å². The van der Waals surface area contributed by atoms with Crippen molar-refractivity contribution in [3.63, 3.8) is 0 Å². The zero-order valence-corrected chi connectivity index (χ0v) is 16.1. The molecule has 9 heteroatoms. The molecule has 0 radical (unpaired) electrons. The molecule has 0 aliphatic carbocycles. The lowest BCUT2D eigenvalue weighted by molar-refractivity contribution is -0.145. The van der Waals surface area contributed by atoms with Crippen molar-refractivity contribution in [2.24, 2.45) is 13.0 Å². The summed E-state index contributed by atoms with van der Waals surface area (Å²) in [5.41, 5.74) is 0.897. The topological polar surface area (TPSA) is 99.0 Å². The van der Waals surface area contributed by atoms with Crippen molar-refractivity contribution in [2.45, 2.75) is 31.5 Å². The standard InChI is InChI=1S/C17H23N5O3S/c1-11(2)9-13(16(24)25-4)19-14(23)10-26-17-21-20-15(22(17)3)12-5-7-18-8-6-12/h5-8,11,13H,9-10H2,1-4H3,(H,19,23)/t13-/m1/s1. The quantitative estimate of drug-likeness (QED) is 0.552. The number of nitrogens with zero attached hydrogens (tertiary/aromatic N) is 4. The van der Waals surface area contributed by atoms with Gasteiger partial charge in [-0.15, -0.1) is 10.2 Å². The van der Waals surface area contributed by atoms with E-state index in [1.165, 1.54) is 18.9 Å². The molecule has 0 bridgehead atoms. The Labute approximate surface area is 156 Å². The molecule has 1 atom stereocenters. The van der Waals surface area contributed by atoms with E-state index in [1.807, 2.05) is 37.6 Å². The highest BCUT2D eigenvalue weighted by molar-refractivity contribution is 7.99. The SMILES string of the molecule is COC(=O)[C@@H](CC(C)C)NC(=O)CSc1nnc(-c2ccncc2)n1C. The lowest BCUT2D eigenvalue weighted by atomic mass is 10.0. The molecule has 0 unspecified atom stereocenters. The average Bonchev–Trinajstić information content (AvgIpc) is 2.99. The maximum atomic E-state index is 12.2. The van der Waals surface area contributed by atoms with Crippen LogP contribution in [0.3, 0.4) is 0 Å². The summed E-state index contributed by atoms with van der Waals surface area (Å²) in [5, 5.41) is 11.6. The Morgan fingerprint density at radius 3 is 2.58 bits per heavy atom. The minimum absolute atomic E-state index is 0.133. The van der Waals surface area contributed by atoms with Gasteiger partial charge in [0.05, 0.1) is 12.9 Å². The van der Waals surface area contributed by atoms with Crippen LogP contribution >= 0.6 is 11.8 Å². The van der Waals surface area contributed by atoms with Gasteiger partial charge in [-0.3, -0.25) is 9.78 Å². The number of hydrogen-bond acceptors (Lipinski definition) is 7. The Bertz CT molecular complexity index is 748. The van der Waals surface area contributed by atoms with E-state index >= 15 is 0 Å². The van der Waals surface area contributed by atoms with Crippen molar-refractivity contribution in [1.82, 2.24) is 25.1 Å². The highest BCUT2D eigenvalue weighted by Gasteiger charge is 2.23. The molecular weight excluding hydrogens is 354 g/mol. The monoisotopic (exact) mass is 377 g/mol. The molecule has 1 amide bonds. The van der Waals surface area contributed by atoms with Crippen molar-refractivity contribution >= 4 is 23.6 Å². The number of nitrogens with one attached hydrogen (secondary N) is 1. The number of esters is 1. The minimum atomic E-state index is -0.639. The molecule has 1 N–H and O–H groups in total. The molecule has 0 fully saturated rings. The summed E-state index contributed by atoms with van der Waals surface area (Å²) in [7, 11) is 3.16. The molecule has 140 valence electrons. The maximum absolute atomic E-state index is 12.2. The Morgan fingerprint density at radius 2 is 1.96 bits per heavy atom. The average molecular weight is 377 g/mol. The number of rotatable bonds is 8. The first-order chi connectivity index (χ1) is 12.4. The van der Waals surface area contributed by atoms with Crippen molar-refractivity contribution < 1.29 is 14.3 Å². The van der Waals surface area contributed by atoms with Gasteiger partial charge < -0.3 is 14.6 Å². The molecule has 2 heterocycles. The number of methoxy groups -OCH3 is 1. The first kappa shape index (κ1) is 19.9. The number of carbonyl (C=O) groups excluding carboxylic acids is 2. The van der Waals surface area contributed by atoms with Crippen LogP contribution in [0.4, 0.5) is 0 Å². The van der Waals surface area contributed by atoms with E-state index in [0.29, 0.717) is 17.4 Å². The Morgan fingerprint density at radius 1 is 1.27 bits per heavy atom. The van der Waals surface area contributed by atoms with Gasteiger partial charge in [0.25, 0.3) is 0 Å². The summed E-state index contributed by atoms with van der Waals surface area (Å²) in [5.74, 6) is 0.403. The number of ether oxygens (including phenoxy) is 1. The normalized spacial score (nSPS) is 12.0. The molecule has 0 spiro atoms. The molecule has 0 saturated carbocycles. The Hall–Kier alpha value is -2.42. The third kappa shape index (κ3) is 5.29. The van der Waals surface area contributed by atoms with E-state index < -0.39 is 12.0 Å². The van der Waals surface area contributed by atoms with E-state index in [2.05, 4.69) is 20.5 Å². The smallest absolute Gasteiger partial charge is 0.328 e. The van der Waals surface area contributed by atoms with Crippen molar-refractivity contribution in [3.8, 4) is 11.4 Å². The molecule has 26 heavy (non-hydrogen) atoms. The lowest BCUT2D eigenvalue weighted by Gasteiger charge is -2.18. The number of thioether (sulfide) groups is 1. The van der Waals surface area contributed by atoms with Gasteiger partial charge in [-0.05, 0) is 24.5 Å². The predicted molar refractivity (Wildman–Crippen MR) is 98.4 cm³/mol. The first-order valence-corrected chi connectivity index (χ1v) is 9.20. The fourth-order valence-electron chi connectivity index (χ4n) is 2.39. The molecule has 2 aromatic rings. The third-order valence-corrected chi connectivity index (χ3v) is 4.65. The van der Waals surface area contributed by atoms with Crippen LogP contribution in [0.15, 0.2) is 29.7 Å². The van der Waals surface area contributed by atoms with E-state index in [-0.39, 0.29) is 17.6 Å². The second-order valence-corrected chi connectivity index (χ2v) is 7.11. The highest BCUT2D eigenvalue weighted by Crippen LogP contribution is 2.21. The van der Waals surface area contributed by atoms with E-state index in [9.17, 15) is 9.59 Å². The molecule has 0 aromatic carbocycles. The molecule has 2 rings (SSSR count). The van der Waals surface area contributed by atoms with Gasteiger partial charge in [-0.2, -0.15) is 0 Å². The summed E-state index contributed by atoms with van der Waals surface area (Å²) in [6.45, 7) is 3.97. The first-order valence-electron chi connectivity index (χ1n) is 8.22. The van der Waals surface area contributed by atoms with Crippen LogP contribution in [0.5, 0.6) is 0 Å². The summed E-state index contributed by atoms with van der Waals surface area (Å²) in [4.78, 5) is 28.0. The summed E-state index contributed by atoms with van der Waals surface area (Å²) in [6.07, 6.45) is 3.90. The predicted octanol–water partition coefficient (Wildman–Crippen LogP) is 1.67. The van der Waals surface area contributed by atoms with Crippen molar-refractivity contribution in [3.05, 3.63) is 24.5 Å². The summed E-state index contributed by atoms with van der Waals surface area (Å²) >= 11 is 1.26. The van der Waals surface area contributed by atoms with Gasteiger partial charge in [0.2, 0.25) is 5.91 Å². The van der Waals surface area contributed by atoms with Gasteiger partial charge in [-0.1, -0.05) is 25.6 Å². The molecule has 0 saturated heterocycles. The molecule has 0 aliphatic rings. The van der Waals surface area contributed by atoms with E-state index in [4.69, 9.17) is 4.74 Å². The number of amides is 1. The molecule has 2 aromatic heterocycles. The summed E-state index contributed by atoms with van der Waals surface area (Å²) in [6, 6.07) is 3.05. The zero-order chi connectivity index (χ0) is 19.1. The van der Waals surface area contributed by atoms with Crippen LogP contribution in [0, 0.1) is 5.92 Å². The molecule has 0 aliphatic heterocycles.